The summed E-state index contributed by atoms with van der Waals surface area (Å²) in [5, 5.41) is 3.36. The summed E-state index contributed by atoms with van der Waals surface area (Å²) in [4.78, 5) is 37.6. The molecule has 0 spiro atoms. The maximum absolute atomic E-state index is 12.6. The molecule has 172 valence electrons. The van der Waals surface area contributed by atoms with Crippen molar-refractivity contribution in [1.29, 1.82) is 0 Å². The maximum atomic E-state index is 12.6. The molecule has 0 radical (unpaired) electrons. The Morgan fingerprint density at radius 3 is 2.72 bits per heavy atom. The SMILES string of the molecule is CCOC(=O)CC(CC(=O)CCCCc1ccc2c(n1)NCCC2)c1cnc(OC)nc1. The van der Waals surface area contributed by atoms with Crippen LogP contribution in [0.5, 0.6) is 6.01 Å². The zero-order valence-electron chi connectivity index (χ0n) is 18.9. The van der Waals surface area contributed by atoms with E-state index in [4.69, 9.17) is 14.5 Å². The van der Waals surface area contributed by atoms with E-state index >= 15 is 0 Å². The molecule has 0 saturated heterocycles. The number of nitrogens with zero attached hydrogens (tertiary/aromatic N) is 3. The lowest BCUT2D eigenvalue weighted by molar-refractivity contribution is -0.143. The number of fused-ring (bicyclic) bond motifs is 1. The van der Waals surface area contributed by atoms with E-state index in [0.717, 1.165) is 55.7 Å². The number of rotatable bonds is 12. The Morgan fingerprint density at radius 2 is 1.97 bits per heavy atom. The van der Waals surface area contributed by atoms with Crippen LogP contribution in [0.4, 0.5) is 5.82 Å². The third kappa shape index (κ3) is 7.00. The highest BCUT2D eigenvalue weighted by Crippen LogP contribution is 2.25. The summed E-state index contributed by atoms with van der Waals surface area (Å²) in [5.41, 5.74) is 3.07. The van der Waals surface area contributed by atoms with Gasteiger partial charge in [-0.2, -0.15) is 0 Å². The number of Topliss-reactive ketones (excluding diaryl/α,β-unsaturated/α-hetero) is 1. The van der Waals surface area contributed by atoms with Crippen molar-refractivity contribution < 1.29 is 19.1 Å². The van der Waals surface area contributed by atoms with Gasteiger partial charge in [0.25, 0.3) is 0 Å². The maximum Gasteiger partial charge on any atom is 0.316 e. The number of aromatic nitrogens is 3. The molecule has 0 saturated carbocycles. The zero-order chi connectivity index (χ0) is 22.8. The fourth-order valence-electron chi connectivity index (χ4n) is 3.88. The smallest absolute Gasteiger partial charge is 0.316 e. The minimum atomic E-state index is -0.326. The highest BCUT2D eigenvalue weighted by atomic mass is 16.5. The number of methoxy groups -OCH3 is 1. The summed E-state index contributed by atoms with van der Waals surface area (Å²) in [6.07, 6.45) is 8.84. The van der Waals surface area contributed by atoms with Crippen molar-refractivity contribution >= 4 is 17.6 Å². The topological polar surface area (TPSA) is 103 Å². The first-order valence-corrected chi connectivity index (χ1v) is 11.3. The van der Waals surface area contributed by atoms with Crippen LogP contribution >= 0.6 is 0 Å². The lowest BCUT2D eigenvalue weighted by Gasteiger charge is -2.17. The Morgan fingerprint density at radius 1 is 1.16 bits per heavy atom. The molecule has 1 unspecified atom stereocenters. The minimum absolute atomic E-state index is 0.121. The number of esters is 1. The summed E-state index contributed by atoms with van der Waals surface area (Å²) in [5.74, 6) is 0.498. The molecule has 0 aliphatic carbocycles. The third-order valence-corrected chi connectivity index (χ3v) is 5.58. The van der Waals surface area contributed by atoms with Crippen LogP contribution in [0.3, 0.4) is 0 Å². The molecule has 1 N–H and O–H groups in total. The van der Waals surface area contributed by atoms with Gasteiger partial charge in [-0.1, -0.05) is 6.07 Å². The van der Waals surface area contributed by atoms with Crippen molar-refractivity contribution in [2.45, 2.75) is 64.2 Å². The number of nitrogens with one attached hydrogen (secondary N) is 1. The van der Waals surface area contributed by atoms with Crippen LogP contribution in [-0.2, 0) is 27.2 Å². The lowest BCUT2D eigenvalue weighted by atomic mass is 9.91. The van der Waals surface area contributed by atoms with E-state index in [9.17, 15) is 9.59 Å². The fourth-order valence-corrected chi connectivity index (χ4v) is 3.88. The molecule has 8 nitrogen and oxygen atoms in total. The average Bonchev–Trinajstić information content (AvgIpc) is 2.81. The molecule has 1 aliphatic heterocycles. The van der Waals surface area contributed by atoms with Crippen LogP contribution in [0.1, 0.15) is 68.2 Å². The van der Waals surface area contributed by atoms with Crippen molar-refractivity contribution in [3.05, 3.63) is 41.3 Å². The number of hydrogen-bond acceptors (Lipinski definition) is 8. The van der Waals surface area contributed by atoms with Crippen LogP contribution < -0.4 is 10.1 Å². The number of unbranched alkanes of at least 4 members (excludes halogenated alkanes) is 1. The van der Waals surface area contributed by atoms with E-state index < -0.39 is 0 Å². The van der Waals surface area contributed by atoms with E-state index in [-0.39, 0.29) is 36.5 Å². The van der Waals surface area contributed by atoms with E-state index in [1.165, 1.54) is 12.7 Å². The monoisotopic (exact) mass is 440 g/mol. The van der Waals surface area contributed by atoms with Crippen molar-refractivity contribution in [3.63, 3.8) is 0 Å². The molecule has 3 heterocycles. The molecule has 8 heteroatoms. The Balaban J connectivity index is 1.49. The number of carbonyl (C=O) groups excluding carboxylic acids is 2. The fraction of sp³-hybridized carbons (Fsp3) is 0.542. The van der Waals surface area contributed by atoms with E-state index in [2.05, 4.69) is 27.4 Å². The first-order chi connectivity index (χ1) is 15.6. The van der Waals surface area contributed by atoms with Crippen LogP contribution in [0.2, 0.25) is 0 Å². The second-order valence-corrected chi connectivity index (χ2v) is 8.00. The van der Waals surface area contributed by atoms with Crippen LogP contribution in [-0.4, -0.2) is 47.0 Å². The number of aryl methyl sites for hydroxylation is 2. The minimum Gasteiger partial charge on any atom is -0.467 e. The van der Waals surface area contributed by atoms with Gasteiger partial charge in [0.1, 0.15) is 11.6 Å². The molecular weight excluding hydrogens is 408 g/mol. The Labute approximate surface area is 189 Å². The quantitative estimate of drug-likeness (QED) is 0.394. The summed E-state index contributed by atoms with van der Waals surface area (Å²) in [6, 6.07) is 4.50. The molecule has 32 heavy (non-hydrogen) atoms. The van der Waals surface area contributed by atoms with Gasteiger partial charge < -0.3 is 14.8 Å². The van der Waals surface area contributed by atoms with Gasteiger partial charge in [0.15, 0.2) is 0 Å². The second kappa shape index (κ2) is 12.1. The van der Waals surface area contributed by atoms with Crippen molar-refractivity contribution in [2.24, 2.45) is 0 Å². The first-order valence-electron chi connectivity index (χ1n) is 11.3. The zero-order valence-corrected chi connectivity index (χ0v) is 18.9. The molecule has 1 atom stereocenters. The van der Waals surface area contributed by atoms with Crippen LogP contribution in [0, 0.1) is 0 Å². The van der Waals surface area contributed by atoms with Crippen molar-refractivity contribution in [1.82, 2.24) is 15.0 Å². The number of ether oxygens (including phenoxy) is 2. The molecule has 0 fully saturated rings. The number of hydrogen-bond donors (Lipinski definition) is 1. The lowest BCUT2D eigenvalue weighted by Crippen LogP contribution is -2.15. The summed E-state index contributed by atoms with van der Waals surface area (Å²) in [6.45, 7) is 3.05. The van der Waals surface area contributed by atoms with Crippen LogP contribution in [0.25, 0.3) is 0 Å². The van der Waals surface area contributed by atoms with Crippen LogP contribution in [0.15, 0.2) is 24.5 Å². The van der Waals surface area contributed by atoms with Crippen molar-refractivity contribution in [3.8, 4) is 6.01 Å². The normalized spacial score (nSPS) is 13.6. The summed E-state index contributed by atoms with van der Waals surface area (Å²) >= 11 is 0. The van der Waals surface area contributed by atoms with E-state index in [1.807, 2.05) is 0 Å². The average molecular weight is 441 g/mol. The van der Waals surface area contributed by atoms with E-state index in [1.54, 1.807) is 19.3 Å². The third-order valence-electron chi connectivity index (χ3n) is 5.58. The number of carbonyl (C=O) groups is 2. The second-order valence-electron chi connectivity index (χ2n) is 8.00. The van der Waals surface area contributed by atoms with Gasteiger partial charge in [0.2, 0.25) is 0 Å². The van der Waals surface area contributed by atoms with Gasteiger partial charge in [-0.3, -0.25) is 9.59 Å². The number of ketones is 1. The molecule has 0 amide bonds. The number of pyridine rings is 1. The molecule has 2 aromatic rings. The molecule has 1 aliphatic rings. The largest absolute Gasteiger partial charge is 0.467 e. The van der Waals surface area contributed by atoms with Gasteiger partial charge >= 0.3 is 12.0 Å². The standard InChI is InChI=1S/C24H32N4O4/c1-3-32-22(30)14-18(19-15-26-24(31-2)27-16-19)13-21(29)9-5-4-8-20-11-10-17-7-6-12-25-23(17)28-20/h10-11,15-16,18H,3-9,12-14H2,1-2H3,(H,25,28). The highest BCUT2D eigenvalue weighted by Gasteiger charge is 2.21. The highest BCUT2D eigenvalue weighted by molar-refractivity contribution is 5.80. The first kappa shape index (κ1) is 23.6. The Kier molecular flexibility index (Phi) is 8.95. The molecule has 2 aromatic heterocycles. The van der Waals surface area contributed by atoms with Gasteiger partial charge in [0.05, 0.1) is 20.1 Å². The molecule has 3 rings (SSSR count). The number of anilines is 1. The van der Waals surface area contributed by atoms with Crippen molar-refractivity contribution in [2.75, 3.05) is 25.6 Å². The van der Waals surface area contributed by atoms with Gasteiger partial charge in [-0.15, -0.1) is 0 Å². The Hall–Kier alpha value is -3.03. The Bertz CT molecular complexity index is 901. The van der Waals surface area contributed by atoms with E-state index in [0.29, 0.717) is 13.0 Å². The van der Waals surface area contributed by atoms with Gasteiger partial charge in [-0.25, -0.2) is 15.0 Å². The summed E-state index contributed by atoms with van der Waals surface area (Å²) in [7, 11) is 1.49. The van der Waals surface area contributed by atoms with Gasteiger partial charge in [0, 0.05) is 43.4 Å². The summed E-state index contributed by atoms with van der Waals surface area (Å²) < 4.78 is 10.1. The predicted octanol–water partition coefficient (Wildman–Crippen LogP) is 3.65. The molecular formula is C24H32N4O4. The molecule has 0 aromatic carbocycles. The van der Waals surface area contributed by atoms with Gasteiger partial charge in [-0.05, 0) is 56.2 Å². The predicted molar refractivity (Wildman–Crippen MR) is 121 cm³/mol. The molecule has 0 bridgehead atoms.